The molecule has 2 aromatic rings. The van der Waals surface area contributed by atoms with Gasteiger partial charge in [0, 0.05) is 5.39 Å². The second-order valence-electron chi connectivity index (χ2n) is 6.89. The summed E-state index contributed by atoms with van der Waals surface area (Å²) in [5, 5.41) is 50.2. The van der Waals surface area contributed by atoms with E-state index in [4.69, 9.17) is 14.3 Å². The first kappa shape index (κ1) is 22.1. The molecule has 12 heteroatoms. The number of benzene rings is 1. The van der Waals surface area contributed by atoms with E-state index >= 15 is 0 Å². The van der Waals surface area contributed by atoms with E-state index in [0.717, 1.165) is 6.07 Å². The van der Waals surface area contributed by atoms with E-state index in [1.54, 1.807) is 0 Å². The van der Waals surface area contributed by atoms with Gasteiger partial charge in [0.2, 0.25) is 11.7 Å². The van der Waals surface area contributed by atoms with Crippen molar-refractivity contribution >= 4 is 16.9 Å². The molecule has 164 valence electrons. The van der Waals surface area contributed by atoms with E-state index in [0.29, 0.717) is 0 Å². The Bertz CT molecular complexity index is 1040. The number of rotatable bonds is 4. The van der Waals surface area contributed by atoms with Crippen LogP contribution in [0.25, 0.3) is 11.0 Å². The van der Waals surface area contributed by atoms with Gasteiger partial charge in [-0.3, -0.25) is 4.79 Å². The SMILES string of the molecule is Cc1c(CC(=O)N[C@H]2C(O)OC(CO)[C@H](O)C2O)c(=O)oc2c(F)c(O)c(F)cc12. The summed E-state index contributed by atoms with van der Waals surface area (Å²) in [5.74, 6) is -4.95. The molecular formula is C18H19F2NO9. The van der Waals surface area contributed by atoms with Gasteiger partial charge in [-0.05, 0) is 18.6 Å². The van der Waals surface area contributed by atoms with Crippen LogP contribution < -0.4 is 10.9 Å². The van der Waals surface area contributed by atoms with Gasteiger partial charge in [0.25, 0.3) is 0 Å². The lowest BCUT2D eigenvalue weighted by atomic mass is 9.96. The van der Waals surface area contributed by atoms with Crippen LogP contribution in [0.5, 0.6) is 5.75 Å². The lowest BCUT2D eigenvalue weighted by Crippen LogP contribution is -2.64. The Kier molecular flexibility index (Phi) is 6.06. The van der Waals surface area contributed by atoms with Gasteiger partial charge in [-0.25, -0.2) is 9.18 Å². The molecule has 1 amide bonds. The van der Waals surface area contributed by atoms with Gasteiger partial charge in [-0.1, -0.05) is 0 Å². The number of fused-ring (bicyclic) bond motifs is 1. The van der Waals surface area contributed by atoms with Crippen LogP contribution in [0.1, 0.15) is 11.1 Å². The van der Waals surface area contributed by atoms with Crippen LogP contribution in [0.3, 0.4) is 0 Å². The van der Waals surface area contributed by atoms with E-state index in [2.05, 4.69) is 5.32 Å². The molecule has 0 saturated carbocycles. The Hall–Kier alpha value is -2.64. The Morgan fingerprint density at radius 1 is 1.23 bits per heavy atom. The molecule has 3 unspecified atom stereocenters. The van der Waals surface area contributed by atoms with Gasteiger partial charge < -0.3 is 40.0 Å². The first-order valence-electron chi connectivity index (χ1n) is 8.80. The summed E-state index contributed by atoms with van der Waals surface area (Å²) >= 11 is 0. The lowest BCUT2D eigenvalue weighted by Gasteiger charge is -2.40. The molecular weight excluding hydrogens is 412 g/mol. The summed E-state index contributed by atoms with van der Waals surface area (Å²) in [6.07, 6.45) is -6.96. The van der Waals surface area contributed by atoms with Crippen molar-refractivity contribution in [1.82, 2.24) is 5.32 Å². The predicted octanol–water partition coefficient (Wildman–Crippen LogP) is -1.46. The summed E-state index contributed by atoms with van der Waals surface area (Å²) in [4.78, 5) is 24.6. The number of hydrogen-bond donors (Lipinski definition) is 6. The van der Waals surface area contributed by atoms with E-state index in [1.807, 2.05) is 0 Å². The molecule has 2 heterocycles. The van der Waals surface area contributed by atoms with Gasteiger partial charge in [0.1, 0.15) is 24.4 Å². The first-order valence-corrected chi connectivity index (χ1v) is 8.80. The van der Waals surface area contributed by atoms with E-state index in [9.17, 15) is 38.8 Å². The first-order chi connectivity index (χ1) is 14.1. The summed E-state index contributed by atoms with van der Waals surface area (Å²) < 4.78 is 37.4. The number of phenolic OH excluding ortho intramolecular Hbond substituents is 1. The number of hydrogen-bond acceptors (Lipinski definition) is 9. The second-order valence-corrected chi connectivity index (χ2v) is 6.89. The summed E-state index contributed by atoms with van der Waals surface area (Å²) in [7, 11) is 0. The smallest absolute Gasteiger partial charge is 0.340 e. The minimum Gasteiger partial charge on any atom is -0.503 e. The van der Waals surface area contributed by atoms with Crippen LogP contribution in [0.4, 0.5) is 8.78 Å². The Balaban J connectivity index is 1.87. The van der Waals surface area contributed by atoms with Gasteiger partial charge >= 0.3 is 5.63 Å². The molecule has 1 aliphatic heterocycles. The molecule has 3 rings (SSSR count). The molecule has 0 radical (unpaired) electrons. The number of halogens is 2. The molecule has 0 aliphatic carbocycles. The molecule has 1 aromatic heterocycles. The number of ether oxygens (including phenoxy) is 1. The van der Waals surface area contributed by atoms with Crippen LogP contribution in [0.2, 0.25) is 0 Å². The van der Waals surface area contributed by atoms with E-state index in [1.165, 1.54) is 6.92 Å². The van der Waals surface area contributed by atoms with Crippen LogP contribution in [0, 0.1) is 18.6 Å². The van der Waals surface area contributed by atoms with Crippen molar-refractivity contribution in [2.45, 2.75) is 44.0 Å². The van der Waals surface area contributed by atoms with Gasteiger partial charge in [0.05, 0.1) is 18.6 Å². The maximum Gasteiger partial charge on any atom is 0.340 e. The number of carbonyl (C=O) groups excluding carboxylic acids is 1. The molecule has 1 fully saturated rings. The van der Waals surface area contributed by atoms with Crippen molar-refractivity contribution in [3.8, 4) is 5.75 Å². The zero-order valence-corrected chi connectivity index (χ0v) is 15.5. The highest BCUT2D eigenvalue weighted by Gasteiger charge is 2.44. The number of amides is 1. The Labute approximate surface area is 166 Å². The number of nitrogens with one attached hydrogen (secondary N) is 1. The Morgan fingerprint density at radius 3 is 2.53 bits per heavy atom. The van der Waals surface area contributed by atoms with Crippen molar-refractivity contribution in [3.63, 3.8) is 0 Å². The number of phenols is 1. The predicted molar refractivity (Wildman–Crippen MR) is 94.4 cm³/mol. The zero-order chi connectivity index (χ0) is 22.3. The lowest BCUT2D eigenvalue weighted by molar-refractivity contribution is -0.253. The largest absolute Gasteiger partial charge is 0.503 e. The molecule has 1 saturated heterocycles. The van der Waals surface area contributed by atoms with Crippen molar-refractivity contribution in [2.24, 2.45) is 0 Å². The number of aromatic hydroxyl groups is 1. The number of carbonyl (C=O) groups is 1. The molecule has 30 heavy (non-hydrogen) atoms. The average molecular weight is 431 g/mol. The summed E-state index contributed by atoms with van der Waals surface area (Å²) in [5.41, 5.74) is -2.01. The summed E-state index contributed by atoms with van der Waals surface area (Å²) in [6.45, 7) is 0.636. The average Bonchev–Trinajstić information content (AvgIpc) is 2.70. The maximum absolute atomic E-state index is 14.0. The fourth-order valence-electron chi connectivity index (χ4n) is 3.29. The molecule has 10 nitrogen and oxygen atoms in total. The minimum atomic E-state index is -1.76. The Morgan fingerprint density at radius 2 is 1.90 bits per heavy atom. The third kappa shape index (κ3) is 3.75. The fraction of sp³-hybridized carbons (Fsp3) is 0.444. The quantitative estimate of drug-likeness (QED) is 0.317. The normalized spacial score (nSPS) is 26.7. The standard InChI is InChI=1S/C18H19F2NO9/c1-5-6-2-8(19)13(24)11(20)16(6)30-17(27)7(5)3-10(23)21-12-15(26)14(25)9(4-22)29-18(12)28/h2,9,12,14-15,18,22,24-26,28H,3-4H2,1H3,(H,21,23)/t9?,12-,14+,15?,18?/m1/s1. The highest BCUT2D eigenvalue weighted by molar-refractivity contribution is 5.86. The number of aryl methyl sites for hydroxylation is 1. The van der Waals surface area contributed by atoms with Crippen LogP contribution >= 0.6 is 0 Å². The van der Waals surface area contributed by atoms with Crippen LogP contribution in [-0.4, -0.2) is 68.7 Å². The monoisotopic (exact) mass is 431 g/mol. The van der Waals surface area contributed by atoms with Crippen molar-refractivity contribution in [1.29, 1.82) is 0 Å². The van der Waals surface area contributed by atoms with Crippen molar-refractivity contribution in [2.75, 3.05) is 6.61 Å². The maximum atomic E-state index is 14.0. The topological polar surface area (TPSA) is 170 Å². The molecule has 0 bridgehead atoms. The van der Waals surface area contributed by atoms with Crippen molar-refractivity contribution in [3.05, 3.63) is 39.2 Å². The van der Waals surface area contributed by atoms with Gasteiger partial charge in [-0.15, -0.1) is 0 Å². The molecule has 5 atom stereocenters. The fourth-order valence-corrected chi connectivity index (χ4v) is 3.29. The second kappa shape index (κ2) is 8.24. The third-order valence-electron chi connectivity index (χ3n) is 5.01. The third-order valence-corrected chi connectivity index (χ3v) is 5.01. The zero-order valence-electron chi connectivity index (χ0n) is 15.5. The molecule has 1 aliphatic rings. The highest BCUT2D eigenvalue weighted by atomic mass is 19.1. The van der Waals surface area contributed by atoms with Crippen LogP contribution in [0.15, 0.2) is 15.3 Å². The highest BCUT2D eigenvalue weighted by Crippen LogP contribution is 2.30. The van der Waals surface area contributed by atoms with E-state index in [-0.39, 0.29) is 16.5 Å². The molecule has 6 N–H and O–H groups in total. The summed E-state index contributed by atoms with van der Waals surface area (Å²) in [6, 6.07) is -0.726. The van der Waals surface area contributed by atoms with Gasteiger partial charge in [0.15, 0.2) is 23.4 Å². The minimum absolute atomic E-state index is 0.0237. The molecule has 0 spiro atoms. The number of aliphatic hydroxyl groups is 4. The van der Waals surface area contributed by atoms with Crippen molar-refractivity contribution < 1.29 is 48.3 Å². The van der Waals surface area contributed by atoms with Gasteiger partial charge in [-0.2, -0.15) is 4.39 Å². The van der Waals surface area contributed by atoms with Crippen LogP contribution in [-0.2, 0) is 16.0 Å². The van der Waals surface area contributed by atoms with E-state index < -0.39 is 78.2 Å². The molecule has 1 aromatic carbocycles. The number of aliphatic hydroxyl groups excluding tert-OH is 4.